The standard InChI is InChI=1S/C43H44BN3/c1-41(2,3)28-19-21-34(31(23-28)27-15-11-10-12-16-27)46-35-22-20-29(42(4,5)6)24-32(35)44-39-37(46)25-30(43(7,8)9)26-38(39)47-36-18-14-13-17-33(36)45-40(44)47/h10-26H,1-9H3. The van der Waals surface area contributed by atoms with E-state index < -0.39 is 0 Å². The fourth-order valence-corrected chi connectivity index (χ4v) is 7.53. The Labute approximate surface area is 280 Å². The summed E-state index contributed by atoms with van der Waals surface area (Å²) in [5.74, 6) is 0. The molecule has 0 saturated carbocycles. The lowest BCUT2D eigenvalue weighted by atomic mass is 9.38. The van der Waals surface area contributed by atoms with Crippen LogP contribution >= 0.6 is 0 Å². The second kappa shape index (κ2) is 9.97. The van der Waals surface area contributed by atoms with Gasteiger partial charge in [0, 0.05) is 22.6 Å². The Morgan fingerprint density at radius 3 is 1.81 bits per heavy atom. The average Bonchev–Trinajstić information content (AvgIpc) is 3.56. The first-order chi connectivity index (χ1) is 22.2. The van der Waals surface area contributed by atoms with Crippen molar-refractivity contribution in [2.75, 3.05) is 4.90 Å². The molecule has 6 aromatic rings. The predicted octanol–water partition coefficient (Wildman–Crippen LogP) is 9.20. The quantitative estimate of drug-likeness (QED) is 0.181. The maximum atomic E-state index is 5.36. The van der Waals surface area contributed by atoms with E-state index in [-0.39, 0.29) is 23.0 Å². The molecule has 234 valence electrons. The van der Waals surface area contributed by atoms with Crippen LogP contribution in [0.3, 0.4) is 0 Å². The van der Waals surface area contributed by atoms with Crippen LogP contribution in [0.2, 0.25) is 0 Å². The molecule has 0 fully saturated rings. The zero-order valence-electron chi connectivity index (χ0n) is 29.2. The van der Waals surface area contributed by atoms with Crippen LogP contribution < -0.4 is 21.5 Å². The van der Waals surface area contributed by atoms with Gasteiger partial charge in [0.05, 0.1) is 22.4 Å². The van der Waals surface area contributed by atoms with Crippen molar-refractivity contribution in [2.45, 2.75) is 78.6 Å². The van der Waals surface area contributed by atoms with Crippen molar-refractivity contribution in [3.8, 4) is 16.8 Å². The van der Waals surface area contributed by atoms with Crippen molar-refractivity contribution in [1.29, 1.82) is 0 Å². The van der Waals surface area contributed by atoms with Gasteiger partial charge in [0.25, 0.3) is 6.71 Å². The molecule has 0 radical (unpaired) electrons. The van der Waals surface area contributed by atoms with E-state index in [1.165, 1.54) is 67.0 Å². The van der Waals surface area contributed by atoms with Crippen LogP contribution in [0, 0.1) is 0 Å². The van der Waals surface area contributed by atoms with Crippen molar-refractivity contribution < 1.29 is 0 Å². The van der Waals surface area contributed by atoms with Crippen molar-refractivity contribution in [1.82, 2.24) is 9.55 Å². The van der Waals surface area contributed by atoms with E-state index >= 15 is 0 Å². The number of hydrogen-bond donors (Lipinski definition) is 0. The lowest BCUT2D eigenvalue weighted by molar-refractivity contribution is 0.589. The summed E-state index contributed by atoms with van der Waals surface area (Å²) in [5.41, 5.74) is 17.4. The van der Waals surface area contributed by atoms with Crippen molar-refractivity contribution >= 4 is 51.5 Å². The van der Waals surface area contributed by atoms with E-state index in [0.717, 1.165) is 11.2 Å². The lowest BCUT2D eigenvalue weighted by Crippen LogP contribution is -2.56. The third-order valence-electron chi connectivity index (χ3n) is 10.3. The highest BCUT2D eigenvalue weighted by Gasteiger charge is 2.46. The molecule has 0 atom stereocenters. The van der Waals surface area contributed by atoms with E-state index in [2.05, 4.69) is 175 Å². The van der Waals surface area contributed by atoms with E-state index in [1.807, 2.05) is 0 Å². The van der Waals surface area contributed by atoms with Crippen LogP contribution in [0.5, 0.6) is 0 Å². The van der Waals surface area contributed by atoms with Gasteiger partial charge in [-0.3, -0.25) is 0 Å². The number of benzene rings is 5. The summed E-state index contributed by atoms with van der Waals surface area (Å²) < 4.78 is 2.45. The number of aromatic nitrogens is 2. The predicted molar refractivity (Wildman–Crippen MR) is 202 cm³/mol. The first-order valence-corrected chi connectivity index (χ1v) is 17.0. The summed E-state index contributed by atoms with van der Waals surface area (Å²) >= 11 is 0. The molecule has 0 bridgehead atoms. The summed E-state index contributed by atoms with van der Waals surface area (Å²) in [7, 11) is 0. The molecule has 0 spiro atoms. The largest absolute Gasteiger partial charge is 0.311 e. The lowest BCUT2D eigenvalue weighted by Gasteiger charge is -2.38. The van der Waals surface area contributed by atoms with E-state index in [4.69, 9.17) is 4.98 Å². The Morgan fingerprint density at radius 1 is 0.532 bits per heavy atom. The molecule has 2 aliphatic heterocycles. The molecule has 0 saturated heterocycles. The normalized spacial score (nSPS) is 14.0. The molecular formula is C43H44BN3. The molecule has 2 aliphatic rings. The fraction of sp³-hybridized carbons (Fsp3) is 0.279. The van der Waals surface area contributed by atoms with Gasteiger partial charge in [-0.25, -0.2) is 4.98 Å². The van der Waals surface area contributed by atoms with Crippen LogP contribution in [-0.4, -0.2) is 16.3 Å². The number of hydrogen-bond acceptors (Lipinski definition) is 2. The molecule has 0 unspecified atom stereocenters. The van der Waals surface area contributed by atoms with Gasteiger partial charge in [0.15, 0.2) is 0 Å². The third kappa shape index (κ3) is 4.59. The summed E-state index contributed by atoms with van der Waals surface area (Å²) in [6.07, 6.45) is 0. The highest BCUT2D eigenvalue weighted by Crippen LogP contribution is 2.46. The van der Waals surface area contributed by atoms with Crippen LogP contribution in [-0.2, 0) is 16.2 Å². The number of fused-ring (bicyclic) bond motifs is 7. The second-order valence-corrected chi connectivity index (χ2v) is 16.6. The Kier molecular flexibility index (Phi) is 6.32. The van der Waals surface area contributed by atoms with E-state index in [9.17, 15) is 0 Å². The Morgan fingerprint density at radius 2 is 1.13 bits per heavy atom. The van der Waals surface area contributed by atoms with Crippen LogP contribution in [0.4, 0.5) is 17.1 Å². The van der Waals surface area contributed by atoms with Crippen LogP contribution in [0.25, 0.3) is 27.8 Å². The monoisotopic (exact) mass is 613 g/mol. The first-order valence-electron chi connectivity index (χ1n) is 17.0. The molecule has 0 aliphatic carbocycles. The van der Waals surface area contributed by atoms with Gasteiger partial charge in [-0.1, -0.05) is 123 Å². The molecule has 4 heteroatoms. The average molecular weight is 614 g/mol. The van der Waals surface area contributed by atoms with Gasteiger partial charge in [0.1, 0.15) is 0 Å². The van der Waals surface area contributed by atoms with Gasteiger partial charge >= 0.3 is 0 Å². The first kappa shape index (κ1) is 29.8. The van der Waals surface area contributed by atoms with Gasteiger partial charge in [0.2, 0.25) is 0 Å². The maximum Gasteiger partial charge on any atom is 0.294 e. The van der Waals surface area contributed by atoms with Gasteiger partial charge in [-0.05, 0) is 91.9 Å². The van der Waals surface area contributed by atoms with E-state index in [0.29, 0.717) is 0 Å². The molecule has 0 amide bonds. The van der Waals surface area contributed by atoms with Crippen LogP contribution in [0.15, 0.2) is 103 Å². The molecule has 5 aromatic carbocycles. The SMILES string of the molecule is CC(C)(C)c1ccc2c(c1)B1c3c(cc(C(C)(C)C)cc3-n3c1nc1ccccc13)N2c1ccc(C(C)(C)C)cc1-c1ccccc1. The number of anilines is 3. The Bertz CT molecular complexity index is 2200. The minimum absolute atomic E-state index is 0.0152. The Balaban J connectivity index is 1.51. The molecule has 1 aromatic heterocycles. The number of imidazole rings is 1. The molecule has 47 heavy (non-hydrogen) atoms. The highest BCUT2D eigenvalue weighted by molar-refractivity contribution is 6.99. The van der Waals surface area contributed by atoms with Gasteiger partial charge < -0.3 is 9.47 Å². The number of nitrogens with zero attached hydrogens (tertiary/aromatic N) is 3. The van der Waals surface area contributed by atoms with E-state index in [1.54, 1.807) is 0 Å². The molecule has 3 nitrogen and oxygen atoms in total. The molecule has 0 N–H and O–H groups in total. The number of rotatable bonds is 2. The highest BCUT2D eigenvalue weighted by atomic mass is 15.2. The molecular weight excluding hydrogens is 569 g/mol. The van der Waals surface area contributed by atoms with Gasteiger partial charge in [-0.2, -0.15) is 0 Å². The minimum Gasteiger partial charge on any atom is -0.311 e. The molecule has 8 rings (SSSR count). The molecule has 3 heterocycles. The summed E-state index contributed by atoms with van der Waals surface area (Å²) in [6.45, 7) is 20.9. The van der Waals surface area contributed by atoms with Crippen LogP contribution in [0.1, 0.15) is 79.0 Å². The summed E-state index contributed by atoms with van der Waals surface area (Å²) in [6, 6.07) is 38.7. The Hall–Kier alpha value is -4.57. The summed E-state index contributed by atoms with van der Waals surface area (Å²) in [5, 5.41) is 0. The number of para-hydroxylation sites is 2. The third-order valence-corrected chi connectivity index (χ3v) is 10.3. The smallest absolute Gasteiger partial charge is 0.294 e. The maximum absolute atomic E-state index is 5.36. The van der Waals surface area contributed by atoms with Gasteiger partial charge in [-0.15, -0.1) is 0 Å². The minimum atomic E-state index is -0.0411. The van der Waals surface area contributed by atoms with Crippen molar-refractivity contribution in [2.24, 2.45) is 0 Å². The topological polar surface area (TPSA) is 21.1 Å². The van der Waals surface area contributed by atoms with Crippen molar-refractivity contribution in [3.63, 3.8) is 0 Å². The zero-order chi connectivity index (χ0) is 33.0. The fourth-order valence-electron chi connectivity index (χ4n) is 7.53. The zero-order valence-corrected chi connectivity index (χ0v) is 29.2. The van der Waals surface area contributed by atoms with Crippen molar-refractivity contribution in [3.05, 3.63) is 120 Å². The second-order valence-electron chi connectivity index (χ2n) is 16.6. The summed E-state index contributed by atoms with van der Waals surface area (Å²) in [4.78, 5) is 7.93.